The molecule has 1 amide bonds. The van der Waals surface area contributed by atoms with Crippen LogP contribution in [0.25, 0.3) is 0 Å². The molecule has 1 aromatic carbocycles. The van der Waals surface area contributed by atoms with Crippen LogP contribution in [0, 0.1) is 11.6 Å². The molecule has 0 aliphatic rings. The lowest BCUT2D eigenvalue weighted by Crippen LogP contribution is -2.31. The fourth-order valence-electron chi connectivity index (χ4n) is 1.25. The fourth-order valence-corrected chi connectivity index (χ4v) is 2.04. The highest BCUT2D eigenvalue weighted by Crippen LogP contribution is 2.15. The molecule has 0 aliphatic carbocycles. The van der Waals surface area contributed by atoms with Crippen molar-refractivity contribution in [3.63, 3.8) is 0 Å². The highest BCUT2D eigenvalue weighted by atomic mass is 32.2. The Morgan fingerprint density at radius 2 is 2.06 bits per heavy atom. The third kappa shape index (κ3) is 5.17. The summed E-state index contributed by atoms with van der Waals surface area (Å²) < 4.78 is 25.5. The van der Waals surface area contributed by atoms with Crippen LogP contribution in [0.15, 0.2) is 18.2 Å². The lowest BCUT2D eigenvalue weighted by atomic mass is 10.2. The van der Waals surface area contributed by atoms with Crippen molar-refractivity contribution in [1.82, 2.24) is 5.32 Å². The Kier molecular flexibility index (Phi) is 5.41. The quantitative estimate of drug-likeness (QED) is 0.881. The molecule has 0 spiro atoms. The summed E-state index contributed by atoms with van der Waals surface area (Å²) >= 11 is 1.37. The van der Waals surface area contributed by atoms with Gasteiger partial charge in [-0.3, -0.25) is 4.79 Å². The van der Waals surface area contributed by atoms with Crippen LogP contribution in [0.2, 0.25) is 0 Å². The Bertz CT molecular complexity index is 396. The first-order valence-electron chi connectivity index (χ1n) is 5.30. The molecule has 2 nitrogen and oxygen atoms in total. The van der Waals surface area contributed by atoms with Gasteiger partial charge in [-0.25, -0.2) is 8.78 Å². The van der Waals surface area contributed by atoms with Crippen molar-refractivity contribution in [3.05, 3.63) is 35.4 Å². The van der Waals surface area contributed by atoms with E-state index >= 15 is 0 Å². The molecular formula is C12H15F2NOS. The topological polar surface area (TPSA) is 29.1 Å². The molecule has 0 atom stereocenters. The number of carbonyl (C=O) groups excluding carboxylic acids is 1. The van der Waals surface area contributed by atoms with E-state index in [1.54, 1.807) is 0 Å². The first-order chi connectivity index (χ1) is 7.99. The van der Waals surface area contributed by atoms with Crippen molar-refractivity contribution in [2.24, 2.45) is 0 Å². The summed E-state index contributed by atoms with van der Waals surface area (Å²) in [6.07, 6.45) is 0. The summed E-state index contributed by atoms with van der Waals surface area (Å²) in [6.45, 7) is 3.77. The van der Waals surface area contributed by atoms with Crippen molar-refractivity contribution in [2.45, 2.75) is 25.6 Å². The number of thioether (sulfide) groups is 1. The Balaban J connectivity index is 2.36. The summed E-state index contributed by atoms with van der Waals surface area (Å²) in [5, 5.41) is 2.76. The highest BCUT2D eigenvalue weighted by molar-refractivity contribution is 7.99. The van der Waals surface area contributed by atoms with E-state index in [2.05, 4.69) is 5.32 Å². The Labute approximate surface area is 104 Å². The van der Waals surface area contributed by atoms with Crippen molar-refractivity contribution in [2.75, 3.05) is 5.75 Å². The van der Waals surface area contributed by atoms with Gasteiger partial charge in [0, 0.05) is 11.8 Å². The number of benzene rings is 1. The zero-order chi connectivity index (χ0) is 12.8. The molecule has 0 saturated heterocycles. The van der Waals surface area contributed by atoms with Gasteiger partial charge in [0.25, 0.3) is 0 Å². The van der Waals surface area contributed by atoms with Crippen molar-refractivity contribution in [3.8, 4) is 0 Å². The smallest absolute Gasteiger partial charge is 0.230 e. The van der Waals surface area contributed by atoms with Crippen LogP contribution in [0.5, 0.6) is 0 Å². The molecule has 94 valence electrons. The van der Waals surface area contributed by atoms with E-state index in [0.717, 1.165) is 12.1 Å². The summed E-state index contributed by atoms with van der Waals surface area (Å²) in [5.74, 6) is -0.946. The number of halogens is 2. The number of carbonyl (C=O) groups is 1. The summed E-state index contributed by atoms with van der Waals surface area (Å²) in [7, 11) is 0. The minimum atomic E-state index is -0.852. The van der Waals surface area contributed by atoms with Gasteiger partial charge in [-0.15, -0.1) is 11.8 Å². The molecule has 0 saturated carbocycles. The molecule has 0 unspecified atom stereocenters. The molecule has 0 aliphatic heterocycles. The minimum Gasteiger partial charge on any atom is -0.353 e. The Hall–Kier alpha value is -1.10. The Morgan fingerprint density at radius 1 is 1.35 bits per heavy atom. The molecular weight excluding hydrogens is 244 g/mol. The third-order valence-corrected chi connectivity index (χ3v) is 2.94. The van der Waals surface area contributed by atoms with E-state index in [9.17, 15) is 13.6 Å². The monoisotopic (exact) mass is 259 g/mol. The van der Waals surface area contributed by atoms with Gasteiger partial charge >= 0.3 is 0 Å². The predicted molar refractivity (Wildman–Crippen MR) is 65.8 cm³/mol. The van der Waals surface area contributed by atoms with Gasteiger partial charge in [0.05, 0.1) is 5.75 Å². The molecule has 5 heteroatoms. The van der Waals surface area contributed by atoms with Gasteiger partial charge in [0.2, 0.25) is 5.91 Å². The predicted octanol–water partition coefficient (Wildman–Crippen LogP) is 2.72. The maximum Gasteiger partial charge on any atom is 0.230 e. The maximum absolute atomic E-state index is 12.9. The second-order valence-electron chi connectivity index (χ2n) is 3.96. The normalized spacial score (nSPS) is 10.6. The lowest BCUT2D eigenvalue weighted by molar-refractivity contribution is -0.119. The van der Waals surface area contributed by atoms with Crippen LogP contribution < -0.4 is 5.32 Å². The fraction of sp³-hybridized carbons (Fsp3) is 0.417. The zero-order valence-corrected chi connectivity index (χ0v) is 10.6. The van der Waals surface area contributed by atoms with Crippen LogP contribution in [0.4, 0.5) is 8.78 Å². The third-order valence-electron chi connectivity index (χ3n) is 1.94. The van der Waals surface area contributed by atoms with Gasteiger partial charge < -0.3 is 5.32 Å². The van der Waals surface area contributed by atoms with Crippen LogP contribution in [-0.2, 0) is 10.5 Å². The average Bonchev–Trinajstić information content (AvgIpc) is 2.22. The summed E-state index contributed by atoms with van der Waals surface area (Å²) in [6, 6.07) is 3.89. The molecule has 1 rings (SSSR count). The lowest BCUT2D eigenvalue weighted by Gasteiger charge is -2.07. The van der Waals surface area contributed by atoms with Crippen LogP contribution in [0.3, 0.4) is 0 Å². The second-order valence-corrected chi connectivity index (χ2v) is 4.95. The molecule has 0 aromatic heterocycles. The van der Waals surface area contributed by atoms with Gasteiger partial charge in [0.1, 0.15) is 0 Å². The number of amides is 1. The van der Waals surface area contributed by atoms with Gasteiger partial charge in [-0.1, -0.05) is 6.07 Å². The average molecular weight is 259 g/mol. The molecule has 0 bridgehead atoms. The number of hydrogen-bond acceptors (Lipinski definition) is 2. The zero-order valence-electron chi connectivity index (χ0n) is 9.80. The minimum absolute atomic E-state index is 0.0485. The highest BCUT2D eigenvalue weighted by Gasteiger charge is 2.05. The van der Waals surface area contributed by atoms with Crippen molar-refractivity contribution >= 4 is 17.7 Å². The van der Waals surface area contributed by atoms with E-state index in [1.807, 2.05) is 13.8 Å². The number of hydrogen-bond donors (Lipinski definition) is 1. The van der Waals surface area contributed by atoms with E-state index in [1.165, 1.54) is 17.8 Å². The molecule has 1 N–H and O–H groups in total. The molecule has 0 heterocycles. The van der Waals surface area contributed by atoms with Crippen LogP contribution in [0.1, 0.15) is 19.4 Å². The first-order valence-corrected chi connectivity index (χ1v) is 6.45. The molecule has 17 heavy (non-hydrogen) atoms. The first kappa shape index (κ1) is 14.0. The summed E-state index contributed by atoms with van der Waals surface area (Å²) in [4.78, 5) is 11.3. The van der Waals surface area contributed by atoms with Crippen molar-refractivity contribution in [1.29, 1.82) is 0 Å². The van der Waals surface area contributed by atoms with E-state index in [0.29, 0.717) is 17.1 Å². The maximum atomic E-state index is 12.9. The SMILES string of the molecule is CC(C)NC(=O)CSCc1ccc(F)c(F)c1. The molecule has 0 fully saturated rings. The van der Waals surface area contributed by atoms with Crippen LogP contribution >= 0.6 is 11.8 Å². The van der Waals surface area contributed by atoms with Gasteiger partial charge in [-0.2, -0.15) is 0 Å². The number of rotatable bonds is 5. The van der Waals surface area contributed by atoms with Crippen molar-refractivity contribution < 1.29 is 13.6 Å². The molecule has 0 radical (unpaired) electrons. The van der Waals surface area contributed by atoms with Gasteiger partial charge in [-0.05, 0) is 31.5 Å². The standard InChI is InChI=1S/C12H15F2NOS/c1-8(2)15-12(16)7-17-6-9-3-4-10(13)11(14)5-9/h3-5,8H,6-7H2,1-2H3,(H,15,16). The van der Waals surface area contributed by atoms with E-state index < -0.39 is 11.6 Å². The second kappa shape index (κ2) is 6.59. The molecule has 1 aromatic rings. The van der Waals surface area contributed by atoms with E-state index in [-0.39, 0.29) is 11.9 Å². The number of nitrogens with one attached hydrogen (secondary N) is 1. The largest absolute Gasteiger partial charge is 0.353 e. The van der Waals surface area contributed by atoms with Crippen LogP contribution in [-0.4, -0.2) is 17.7 Å². The van der Waals surface area contributed by atoms with E-state index in [4.69, 9.17) is 0 Å². The summed E-state index contributed by atoms with van der Waals surface area (Å²) in [5.41, 5.74) is 0.672. The van der Waals surface area contributed by atoms with Gasteiger partial charge in [0.15, 0.2) is 11.6 Å². The Morgan fingerprint density at radius 3 is 2.65 bits per heavy atom.